The maximum Gasteiger partial charge on any atom is 0.261 e. The summed E-state index contributed by atoms with van der Waals surface area (Å²) in [5, 5.41) is 5.37. The highest BCUT2D eigenvalue weighted by Crippen LogP contribution is 2.50. The number of aromatic nitrogens is 4. The standard InChI is InChI=1S/C40H46ClF3N8O2/c1-21(2)51-20-46-28-16-26(47-34(32(28)51)48-27-15-25(30(41)22(3)31(27)42)35(53)49-40(10-11-40)36(43)44)23-14-29-33(45-19-23)38(4,5)37(54)52(29)24-17-39(6,18-24)50-12-8-7-9-13-50/h14-16,19-21,24,36H,7-13,17-18H2,1-6H3,(H,47,48)(H,49,53). The predicted octanol–water partition coefficient (Wildman–Crippen LogP) is 8.48. The lowest BCUT2D eigenvalue weighted by Crippen LogP contribution is -2.64. The molecule has 2 saturated carbocycles. The van der Waals surface area contributed by atoms with E-state index >= 15 is 4.39 Å². The van der Waals surface area contributed by atoms with Crippen molar-refractivity contribution in [1.82, 2.24) is 29.7 Å². The topological polar surface area (TPSA) is 108 Å². The highest BCUT2D eigenvalue weighted by Gasteiger charge is 2.55. The minimum Gasteiger partial charge on any atom is -0.341 e. The van der Waals surface area contributed by atoms with E-state index < -0.39 is 29.1 Å². The molecule has 0 radical (unpaired) electrons. The van der Waals surface area contributed by atoms with Crippen LogP contribution in [0.15, 0.2) is 30.7 Å². The van der Waals surface area contributed by atoms with Gasteiger partial charge in [-0.15, -0.1) is 0 Å². The molecule has 4 aromatic rings. The van der Waals surface area contributed by atoms with Crippen LogP contribution in [-0.2, 0) is 10.2 Å². The maximum absolute atomic E-state index is 16.0. The number of carbonyl (C=O) groups is 2. The number of nitrogens with zero attached hydrogens (tertiary/aromatic N) is 6. The SMILES string of the molecule is Cc1c(F)c(Nc2nc(-c3cnc4c(c3)N(C3CC(C)(N5CCCCC5)C3)C(=O)C4(C)C)cc3ncn(C(C)C)c23)cc(C(=O)NC2(C(F)F)CC2)c1Cl. The molecular weight excluding hydrogens is 717 g/mol. The molecule has 10 nitrogen and oxygen atoms in total. The molecule has 1 aromatic carbocycles. The van der Waals surface area contributed by atoms with Crippen LogP contribution in [0.4, 0.5) is 30.4 Å². The smallest absolute Gasteiger partial charge is 0.261 e. The van der Waals surface area contributed by atoms with E-state index in [1.165, 1.54) is 32.3 Å². The van der Waals surface area contributed by atoms with Gasteiger partial charge in [0, 0.05) is 34.9 Å². The average molecular weight is 763 g/mol. The Morgan fingerprint density at radius 3 is 2.39 bits per heavy atom. The number of piperidine rings is 1. The molecule has 4 aliphatic rings. The Bertz CT molecular complexity index is 2190. The summed E-state index contributed by atoms with van der Waals surface area (Å²) in [5.41, 5.74) is 1.23. The molecule has 14 heteroatoms. The van der Waals surface area contributed by atoms with Gasteiger partial charge in [0.1, 0.15) is 11.1 Å². The summed E-state index contributed by atoms with van der Waals surface area (Å²) >= 11 is 6.44. The number of alkyl halides is 2. The fraction of sp³-hybridized carbons (Fsp3) is 0.525. The van der Waals surface area contributed by atoms with Gasteiger partial charge in [-0.25, -0.2) is 23.1 Å². The molecule has 3 fully saturated rings. The molecule has 1 saturated heterocycles. The highest BCUT2D eigenvalue weighted by atomic mass is 35.5. The van der Waals surface area contributed by atoms with Crippen molar-refractivity contribution in [3.05, 3.63) is 58.4 Å². The van der Waals surface area contributed by atoms with Crippen molar-refractivity contribution in [1.29, 1.82) is 0 Å². The van der Waals surface area contributed by atoms with Crippen LogP contribution < -0.4 is 15.5 Å². The van der Waals surface area contributed by atoms with Gasteiger partial charge in [0.15, 0.2) is 11.6 Å². The highest BCUT2D eigenvalue weighted by molar-refractivity contribution is 6.34. The first-order chi connectivity index (χ1) is 25.5. The zero-order valence-corrected chi connectivity index (χ0v) is 32.3. The van der Waals surface area contributed by atoms with E-state index in [-0.39, 0.29) is 64.0 Å². The summed E-state index contributed by atoms with van der Waals surface area (Å²) in [6, 6.07) is 5.06. The molecule has 286 valence electrons. The van der Waals surface area contributed by atoms with Gasteiger partial charge in [-0.05, 0) is 111 Å². The average Bonchev–Trinajstić information content (AvgIpc) is 3.73. The maximum atomic E-state index is 16.0. The molecule has 0 unspecified atom stereocenters. The van der Waals surface area contributed by atoms with Gasteiger partial charge in [0.2, 0.25) is 5.91 Å². The van der Waals surface area contributed by atoms with Crippen molar-refractivity contribution in [2.24, 2.45) is 0 Å². The molecule has 2 aliphatic carbocycles. The number of pyridine rings is 2. The number of amides is 2. The number of likely N-dealkylation sites (tertiary alicyclic amines) is 1. The number of hydrogen-bond acceptors (Lipinski definition) is 7. The summed E-state index contributed by atoms with van der Waals surface area (Å²) in [5.74, 6) is -1.23. The molecule has 0 bridgehead atoms. The third-order valence-electron chi connectivity index (χ3n) is 12.2. The van der Waals surface area contributed by atoms with Crippen molar-refractivity contribution in [2.45, 2.75) is 121 Å². The number of halogens is 4. The number of fused-ring (bicyclic) bond motifs is 2. The number of anilines is 3. The molecule has 0 spiro atoms. The normalized spacial score (nSPS) is 23.2. The van der Waals surface area contributed by atoms with Gasteiger partial charge in [0.05, 0.1) is 50.6 Å². The Labute approximate surface area is 317 Å². The number of rotatable bonds is 9. The second-order valence-corrected chi connectivity index (χ2v) is 17.1. The van der Waals surface area contributed by atoms with E-state index in [2.05, 4.69) is 27.4 Å². The number of carbonyl (C=O) groups excluding carboxylic acids is 2. The van der Waals surface area contributed by atoms with Crippen molar-refractivity contribution in [3.8, 4) is 11.3 Å². The van der Waals surface area contributed by atoms with Gasteiger partial charge < -0.3 is 20.1 Å². The van der Waals surface area contributed by atoms with Gasteiger partial charge in [0.25, 0.3) is 12.3 Å². The number of benzene rings is 1. The van der Waals surface area contributed by atoms with Crippen LogP contribution in [0.5, 0.6) is 0 Å². The van der Waals surface area contributed by atoms with E-state index in [0.717, 1.165) is 37.3 Å². The van der Waals surface area contributed by atoms with Crippen molar-refractivity contribution >= 4 is 51.6 Å². The first-order valence-electron chi connectivity index (χ1n) is 18.9. The summed E-state index contributed by atoms with van der Waals surface area (Å²) < 4.78 is 45.3. The van der Waals surface area contributed by atoms with Crippen LogP contribution in [0, 0.1) is 12.7 Å². The number of imidazole rings is 1. The van der Waals surface area contributed by atoms with Crippen LogP contribution in [0.3, 0.4) is 0 Å². The van der Waals surface area contributed by atoms with Crippen LogP contribution in [-0.4, -0.2) is 72.9 Å². The molecule has 8 rings (SSSR count). The predicted molar refractivity (Wildman–Crippen MR) is 203 cm³/mol. The Morgan fingerprint density at radius 1 is 1.04 bits per heavy atom. The zero-order chi connectivity index (χ0) is 38.5. The quantitative estimate of drug-likeness (QED) is 0.176. The van der Waals surface area contributed by atoms with E-state index in [0.29, 0.717) is 22.3 Å². The number of hydrogen-bond donors (Lipinski definition) is 2. The first kappa shape index (κ1) is 36.7. The fourth-order valence-electron chi connectivity index (χ4n) is 8.63. The largest absolute Gasteiger partial charge is 0.341 e. The first-order valence-corrected chi connectivity index (χ1v) is 19.3. The minimum absolute atomic E-state index is 0.0129. The second kappa shape index (κ2) is 12.9. The Balaban J connectivity index is 1.17. The number of nitrogens with one attached hydrogen (secondary N) is 2. The Hall–Kier alpha value is -4.23. The fourth-order valence-corrected chi connectivity index (χ4v) is 8.85. The van der Waals surface area contributed by atoms with Crippen LogP contribution in [0.1, 0.15) is 107 Å². The van der Waals surface area contributed by atoms with Crippen LogP contribution in [0.25, 0.3) is 22.3 Å². The van der Waals surface area contributed by atoms with E-state index in [1.54, 1.807) is 12.5 Å². The minimum atomic E-state index is -2.74. The molecule has 5 heterocycles. The molecule has 2 amide bonds. The summed E-state index contributed by atoms with van der Waals surface area (Å²) in [6.45, 7) is 13.7. The van der Waals surface area contributed by atoms with Crippen molar-refractivity contribution in [3.63, 3.8) is 0 Å². The van der Waals surface area contributed by atoms with Gasteiger partial charge in [-0.3, -0.25) is 19.5 Å². The lowest BCUT2D eigenvalue weighted by molar-refractivity contribution is -0.123. The molecular formula is C40H46ClF3N8O2. The summed E-state index contributed by atoms with van der Waals surface area (Å²) in [7, 11) is 0. The van der Waals surface area contributed by atoms with E-state index in [1.807, 2.05) is 49.3 Å². The van der Waals surface area contributed by atoms with Crippen molar-refractivity contribution in [2.75, 3.05) is 23.3 Å². The molecule has 2 N–H and O–H groups in total. The van der Waals surface area contributed by atoms with Gasteiger partial charge in [-0.2, -0.15) is 0 Å². The Kier molecular flexibility index (Phi) is 8.80. The lowest BCUT2D eigenvalue weighted by atomic mass is 9.71. The molecule has 2 aliphatic heterocycles. The van der Waals surface area contributed by atoms with Crippen molar-refractivity contribution < 1.29 is 22.8 Å². The molecule has 3 aromatic heterocycles. The zero-order valence-electron chi connectivity index (χ0n) is 31.5. The lowest BCUT2D eigenvalue weighted by Gasteiger charge is -2.55. The summed E-state index contributed by atoms with van der Waals surface area (Å²) in [4.78, 5) is 46.4. The van der Waals surface area contributed by atoms with Crippen LogP contribution >= 0.6 is 11.6 Å². The van der Waals surface area contributed by atoms with E-state index in [4.69, 9.17) is 21.6 Å². The van der Waals surface area contributed by atoms with Gasteiger partial charge >= 0.3 is 0 Å². The third-order valence-corrected chi connectivity index (χ3v) is 12.7. The molecule has 0 atom stereocenters. The molecule has 54 heavy (non-hydrogen) atoms. The third kappa shape index (κ3) is 5.84. The second-order valence-electron chi connectivity index (χ2n) is 16.7. The van der Waals surface area contributed by atoms with Crippen LogP contribution in [0.2, 0.25) is 5.02 Å². The Morgan fingerprint density at radius 2 is 1.74 bits per heavy atom. The van der Waals surface area contributed by atoms with E-state index in [9.17, 15) is 18.4 Å². The van der Waals surface area contributed by atoms with Gasteiger partial charge in [-0.1, -0.05) is 18.0 Å². The summed E-state index contributed by atoms with van der Waals surface area (Å²) in [6.07, 6.45) is 6.40. The monoisotopic (exact) mass is 762 g/mol.